The number of nitrogens with zero attached hydrogens (tertiary/aromatic N) is 1. The van der Waals surface area contributed by atoms with Gasteiger partial charge in [-0.2, -0.15) is 0 Å². The molecule has 3 nitrogen and oxygen atoms in total. The predicted molar refractivity (Wildman–Crippen MR) is 84.7 cm³/mol. The molecule has 2 rings (SSSR count). The lowest BCUT2D eigenvalue weighted by molar-refractivity contribution is 0.0988. The van der Waals surface area contributed by atoms with E-state index in [1.165, 1.54) is 0 Å². The maximum atomic E-state index is 12.6. The van der Waals surface area contributed by atoms with Gasteiger partial charge in [0.2, 0.25) is 0 Å². The zero-order valence-corrected chi connectivity index (χ0v) is 12.8. The highest BCUT2D eigenvalue weighted by atomic mass is 79.9. The standard InChI is InChI=1S/C16H16BrNO2/c1-2-18(14-8-4-3-5-9-14)16(19)13-7-6-10-15(11-13)20-12-17/h3-11H,2,12H2,1H3. The van der Waals surface area contributed by atoms with Gasteiger partial charge in [0.05, 0.1) is 0 Å². The van der Waals surface area contributed by atoms with Crippen LogP contribution in [0.25, 0.3) is 0 Å². The van der Waals surface area contributed by atoms with Gasteiger partial charge in [0, 0.05) is 17.8 Å². The summed E-state index contributed by atoms with van der Waals surface area (Å²) in [5.41, 5.74) is 1.92. The highest BCUT2D eigenvalue weighted by molar-refractivity contribution is 9.09. The third kappa shape index (κ3) is 3.39. The molecule has 0 saturated heterocycles. The highest BCUT2D eigenvalue weighted by Crippen LogP contribution is 2.19. The fourth-order valence-corrected chi connectivity index (χ4v) is 2.25. The first-order chi connectivity index (χ1) is 9.76. The molecule has 0 fully saturated rings. The molecule has 0 radical (unpaired) electrons. The average molecular weight is 334 g/mol. The molecular weight excluding hydrogens is 318 g/mol. The van der Waals surface area contributed by atoms with E-state index in [-0.39, 0.29) is 5.91 Å². The topological polar surface area (TPSA) is 29.5 Å². The summed E-state index contributed by atoms with van der Waals surface area (Å²) in [4.78, 5) is 14.3. The van der Waals surface area contributed by atoms with Crippen molar-refractivity contribution in [3.63, 3.8) is 0 Å². The van der Waals surface area contributed by atoms with E-state index in [1.807, 2.05) is 49.4 Å². The van der Waals surface area contributed by atoms with E-state index in [0.717, 1.165) is 5.69 Å². The molecule has 0 saturated carbocycles. The molecule has 0 aromatic heterocycles. The molecule has 0 unspecified atom stereocenters. The van der Waals surface area contributed by atoms with Crippen molar-refractivity contribution in [1.29, 1.82) is 0 Å². The molecule has 2 aromatic rings. The molecule has 0 aliphatic carbocycles. The summed E-state index contributed by atoms with van der Waals surface area (Å²) in [7, 11) is 0. The Kier molecular flexibility index (Phi) is 5.18. The van der Waals surface area contributed by atoms with E-state index in [0.29, 0.717) is 23.4 Å². The Balaban J connectivity index is 2.27. The number of rotatable bonds is 5. The zero-order chi connectivity index (χ0) is 14.4. The number of para-hydroxylation sites is 1. The number of benzene rings is 2. The van der Waals surface area contributed by atoms with Gasteiger partial charge in [0.15, 0.2) is 0 Å². The van der Waals surface area contributed by atoms with Crippen LogP contribution in [0.15, 0.2) is 54.6 Å². The predicted octanol–water partition coefficient (Wildman–Crippen LogP) is 4.08. The Morgan fingerprint density at radius 1 is 1.15 bits per heavy atom. The van der Waals surface area contributed by atoms with Gasteiger partial charge >= 0.3 is 0 Å². The molecule has 104 valence electrons. The van der Waals surface area contributed by atoms with Crippen molar-refractivity contribution in [1.82, 2.24) is 0 Å². The van der Waals surface area contributed by atoms with Gasteiger partial charge in [0.25, 0.3) is 5.91 Å². The van der Waals surface area contributed by atoms with E-state index < -0.39 is 0 Å². The van der Waals surface area contributed by atoms with Crippen LogP contribution in [0.3, 0.4) is 0 Å². The minimum atomic E-state index is -0.0290. The second-order valence-electron chi connectivity index (χ2n) is 4.17. The normalized spacial score (nSPS) is 10.1. The molecule has 0 spiro atoms. The summed E-state index contributed by atoms with van der Waals surface area (Å²) >= 11 is 3.21. The Bertz CT molecular complexity index is 572. The van der Waals surface area contributed by atoms with Gasteiger partial charge in [-0.1, -0.05) is 24.3 Å². The fraction of sp³-hybridized carbons (Fsp3) is 0.188. The van der Waals surface area contributed by atoms with Crippen LogP contribution in [0, 0.1) is 0 Å². The molecule has 20 heavy (non-hydrogen) atoms. The third-order valence-corrected chi connectivity index (χ3v) is 3.16. The molecule has 1 amide bonds. The first kappa shape index (κ1) is 14.6. The Labute approximate surface area is 127 Å². The lowest BCUT2D eigenvalue weighted by Crippen LogP contribution is -2.30. The van der Waals surface area contributed by atoms with Crippen molar-refractivity contribution in [2.24, 2.45) is 0 Å². The van der Waals surface area contributed by atoms with Crippen LogP contribution in [0.5, 0.6) is 5.75 Å². The third-order valence-electron chi connectivity index (χ3n) is 2.93. The van der Waals surface area contributed by atoms with Crippen molar-refractivity contribution >= 4 is 27.5 Å². The molecule has 0 aliphatic rings. The molecule has 2 aromatic carbocycles. The van der Waals surface area contributed by atoms with Gasteiger partial charge in [-0.3, -0.25) is 4.79 Å². The lowest BCUT2D eigenvalue weighted by Gasteiger charge is -2.21. The van der Waals surface area contributed by atoms with Crippen LogP contribution in [-0.4, -0.2) is 18.0 Å². The van der Waals surface area contributed by atoms with Crippen LogP contribution in [0.2, 0.25) is 0 Å². The summed E-state index contributed by atoms with van der Waals surface area (Å²) in [6, 6.07) is 16.9. The van der Waals surface area contributed by atoms with Gasteiger partial charge in [-0.15, -0.1) is 0 Å². The number of alkyl halides is 1. The minimum Gasteiger partial charge on any atom is -0.482 e. The van der Waals surface area contributed by atoms with Gasteiger partial charge < -0.3 is 9.64 Å². The first-order valence-electron chi connectivity index (χ1n) is 6.42. The van der Waals surface area contributed by atoms with Gasteiger partial charge in [-0.05, 0) is 53.2 Å². The van der Waals surface area contributed by atoms with Crippen molar-refractivity contribution in [3.8, 4) is 5.75 Å². The maximum absolute atomic E-state index is 12.6. The molecular formula is C16H16BrNO2. The second-order valence-corrected chi connectivity index (χ2v) is 4.62. The van der Waals surface area contributed by atoms with Crippen molar-refractivity contribution in [3.05, 3.63) is 60.2 Å². The van der Waals surface area contributed by atoms with E-state index in [9.17, 15) is 4.79 Å². The number of carbonyl (C=O) groups is 1. The Morgan fingerprint density at radius 2 is 1.90 bits per heavy atom. The van der Waals surface area contributed by atoms with Crippen LogP contribution in [0.1, 0.15) is 17.3 Å². The average Bonchev–Trinajstić information content (AvgIpc) is 2.50. The number of ether oxygens (including phenoxy) is 1. The number of halogens is 1. The fourth-order valence-electron chi connectivity index (χ4n) is 1.99. The number of amides is 1. The summed E-state index contributed by atoms with van der Waals surface area (Å²) in [6.07, 6.45) is 0. The van der Waals surface area contributed by atoms with Gasteiger partial charge in [0.1, 0.15) is 11.3 Å². The molecule has 0 atom stereocenters. The quantitative estimate of drug-likeness (QED) is 0.771. The van der Waals surface area contributed by atoms with E-state index in [1.54, 1.807) is 17.0 Å². The van der Waals surface area contributed by atoms with Crippen molar-refractivity contribution in [2.75, 3.05) is 17.0 Å². The van der Waals surface area contributed by atoms with Crippen molar-refractivity contribution in [2.45, 2.75) is 6.92 Å². The molecule has 0 bridgehead atoms. The smallest absolute Gasteiger partial charge is 0.258 e. The summed E-state index contributed by atoms with van der Waals surface area (Å²) in [5, 5.41) is 0. The Hall–Kier alpha value is -1.81. The highest BCUT2D eigenvalue weighted by Gasteiger charge is 2.16. The minimum absolute atomic E-state index is 0.0290. The molecule has 0 heterocycles. The summed E-state index contributed by atoms with van der Waals surface area (Å²) < 4.78 is 5.36. The largest absolute Gasteiger partial charge is 0.482 e. The Morgan fingerprint density at radius 3 is 2.55 bits per heavy atom. The van der Waals surface area contributed by atoms with Crippen LogP contribution < -0.4 is 9.64 Å². The van der Waals surface area contributed by atoms with Crippen molar-refractivity contribution < 1.29 is 9.53 Å². The SMILES string of the molecule is CCN(C(=O)c1cccc(OCBr)c1)c1ccccc1. The summed E-state index contributed by atoms with van der Waals surface area (Å²) in [5.74, 6) is 0.649. The summed E-state index contributed by atoms with van der Waals surface area (Å²) in [6.45, 7) is 2.58. The van der Waals surface area contributed by atoms with Crippen LogP contribution >= 0.6 is 15.9 Å². The lowest BCUT2D eigenvalue weighted by atomic mass is 10.1. The molecule has 0 N–H and O–H groups in total. The van der Waals surface area contributed by atoms with Crippen LogP contribution in [0.4, 0.5) is 5.69 Å². The number of anilines is 1. The first-order valence-corrected chi connectivity index (χ1v) is 7.54. The van der Waals surface area contributed by atoms with Crippen LogP contribution in [-0.2, 0) is 0 Å². The maximum Gasteiger partial charge on any atom is 0.258 e. The van der Waals surface area contributed by atoms with Gasteiger partial charge in [-0.25, -0.2) is 0 Å². The molecule has 0 aliphatic heterocycles. The monoisotopic (exact) mass is 333 g/mol. The second kappa shape index (κ2) is 7.10. The van der Waals surface area contributed by atoms with E-state index >= 15 is 0 Å². The van der Waals surface area contributed by atoms with E-state index in [2.05, 4.69) is 15.9 Å². The molecule has 4 heteroatoms. The number of hydrogen-bond acceptors (Lipinski definition) is 2. The number of carbonyl (C=O) groups excluding carboxylic acids is 1. The zero-order valence-electron chi connectivity index (χ0n) is 11.3. The number of hydrogen-bond donors (Lipinski definition) is 0. The van der Waals surface area contributed by atoms with E-state index in [4.69, 9.17) is 4.74 Å².